The summed E-state index contributed by atoms with van der Waals surface area (Å²) < 4.78 is 81.9. The van der Waals surface area contributed by atoms with Crippen molar-refractivity contribution in [3.63, 3.8) is 0 Å². The minimum atomic E-state index is -1.81. The molecule has 6 atom stereocenters. The fraction of sp³-hybridized carbons (Fsp3) is 0.476. The Morgan fingerprint density at radius 2 is 1.97 bits per heavy atom. The molecule has 0 radical (unpaired) electrons. The first-order valence-corrected chi connectivity index (χ1v) is 10.0. The van der Waals surface area contributed by atoms with Crippen LogP contribution in [0.4, 0.5) is 30.8 Å². The lowest BCUT2D eigenvalue weighted by molar-refractivity contribution is 0.126. The van der Waals surface area contributed by atoms with E-state index in [0.717, 1.165) is 0 Å². The predicted octanol–water partition coefficient (Wildman–Crippen LogP) is 3.66. The van der Waals surface area contributed by atoms with Crippen molar-refractivity contribution in [3.05, 3.63) is 35.8 Å². The number of nitrogens with one attached hydrogen (secondary N) is 2. The van der Waals surface area contributed by atoms with Gasteiger partial charge in [0.2, 0.25) is 11.9 Å². The van der Waals surface area contributed by atoms with Crippen LogP contribution in [-0.4, -0.2) is 50.0 Å². The minimum Gasteiger partial charge on any atom is -0.393 e. The number of anilines is 3. The van der Waals surface area contributed by atoms with Gasteiger partial charge in [0.25, 0.3) is 0 Å². The van der Waals surface area contributed by atoms with Crippen LogP contribution in [0.5, 0.6) is 0 Å². The van der Waals surface area contributed by atoms with Crippen molar-refractivity contribution in [2.24, 2.45) is 0 Å². The maximum Gasteiger partial charge on any atom is 0.224 e. The van der Waals surface area contributed by atoms with E-state index >= 15 is 0 Å². The van der Waals surface area contributed by atoms with Crippen LogP contribution in [0.2, 0.25) is 0 Å². The highest BCUT2D eigenvalue weighted by molar-refractivity contribution is 5.76. The highest BCUT2D eigenvalue weighted by Crippen LogP contribution is 2.32. The third-order valence-electron chi connectivity index (χ3n) is 5.29. The van der Waals surface area contributed by atoms with E-state index in [1.54, 1.807) is 4.57 Å². The second kappa shape index (κ2) is 8.55. The SMILES string of the molecule is [2H]C1CC([2H])(Nc2ncc3nc(Nc4c(F)cc(F)cc4F)n(C4CCOC4)c3n2)C([2H])C([2H])C1O. The largest absolute Gasteiger partial charge is 0.393 e. The lowest BCUT2D eigenvalue weighted by Crippen LogP contribution is -2.29. The number of aliphatic hydroxyl groups excluding tert-OH is 1. The van der Waals surface area contributed by atoms with E-state index in [1.165, 1.54) is 6.20 Å². The minimum absolute atomic E-state index is 0.0218. The number of nitrogens with zero attached hydrogens (tertiary/aromatic N) is 4. The third kappa shape index (κ3) is 4.09. The van der Waals surface area contributed by atoms with Crippen LogP contribution < -0.4 is 10.6 Å². The van der Waals surface area contributed by atoms with Crippen LogP contribution in [0, 0.1) is 17.5 Å². The molecule has 1 saturated carbocycles. The molecule has 2 aromatic heterocycles. The number of ether oxygens (including phenoxy) is 1. The van der Waals surface area contributed by atoms with Gasteiger partial charge in [-0.3, -0.25) is 4.57 Å². The standard InChI is InChI=1S/C21H23F3N6O2/c22-11-7-15(23)18(16(24)8-11)28-21-27-17-9-25-20(26-12-1-3-14(31)4-2-12)29-19(17)30(21)13-5-6-32-10-13/h7-9,12-14,31H,1-6,10H2,(H,27,28)(H,25,26,29)/i1D,3D,4D,12D. The highest BCUT2D eigenvalue weighted by Gasteiger charge is 2.27. The van der Waals surface area contributed by atoms with Crippen molar-refractivity contribution in [2.45, 2.75) is 50.2 Å². The molecule has 6 unspecified atom stereocenters. The number of rotatable bonds is 5. The van der Waals surface area contributed by atoms with Crippen LogP contribution in [0.1, 0.15) is 43.6 Å². The molecule has 0 bridgehead atoms. The first-order chi connectivity index (χ1) is 17.1. The topological polar surface area (TPSA) is 97.1 Å². The van der Waals surface area contributed by atoms with Gasteiger partial charge >= 0.3 is 0 Å². The smallest absolute Gasteiger partial charge is 0.224 e. The van der Waals surface area contributed by atoms with Crippen LogP contribution in [0.25, 0.3) is 11.2 Å². The molecule has 2 aliphatic rings. The zero-order valence-electron chi connectivity index (χ0n) is 20.7. The maximum absolute atomic E-state index is 14.3. The van der Waals surface area contributed by atoms with E-state index in [4.69, 9.17) is 10.2 Å². The van der Waals surface area contributed by atoms with Crippen molar-refractivity contribution in [1.29, 1.82) is 0 Å². The molecular formula is C21H23F3N6O2. The third-order valence-corrected chi connectivity index (χ3v) is 5.29. The number of aliphatic hydroxyl groups is 1. The number of hydrogen-bond acceptors (Lipinski definition) is 7. The van der Waals surface area contributed by atoms with Crippen molar-refractivity contribution in [1.82, 2.24) is 19.5 Å². The fourth-order valence-corrected chi connectivity index (χ4v) is 3.73. The summed E-state index contributed by atoms with van der Waals surface area (Å²) in [6.07, 6.45) is -3.59. The Morgan fingerprint density at radius 3 is 2.72 bits per heavy atom. The summed E-state index contributed by atoms with van der Waals surface area (Å²) in [7, 11) is 0. The summed E-state index contributed by atoms with van der Waals surface area (Å²) >= 11 is 0. The second-order valence-electron chi connectivity index (χ2n) is 7.53. The molecule has 1 aromatic carbocycles. The summed E-state index contributed by atoms with van der Waals surface area (Å²) in [5, 5.41) is 15.3. The lowest BCUT2D eigenvalue weighted by Gasteiger charge is -2.26. The second-order valence-corrected chi connectivity index (χ2v) is 7.53. The first-order valence-electron chi connectivity index (χ1n) is 12.3. The van der Waals surface area contributed by atoms with Gasteiger partial charge in [-0.2, -0.15) is 4.98 Å². The molecule has 0 spiro atoms. The molecule has 3 N–H and O–H groups in total. The lowest BCUT2D eigenvalue weighted by atomic mass is 9.93. The molecule has 32 heavy (non-hydrogen) atoms. The van der Waals surface area contributed by atoms with Crippen LogP contribution >= 0.6 is 0 Å². The molecule has 8 nitrogen and oxygen atoms in total. The van der Waals surface area contributed by atoms with E-state index in [0.29, 0.717) is 25.2 Å². The van der Waals surface area contributed by atoms with Crippen molar-refractivity contribution in [2.75, 3.05) is 23.8 Å². The average Bonchev–Trinajstić information content (AvgIpc) is 3.46. The molecule has 3 heterocycles. The molecule has 170 valence electrons. The quantitative estimate of drug-likeness (QED) is 0.544. The summed E-state index contributed by atoms with van der Waals surface area (Å²) in [5.74, 6) is -3.40. The zero-order chi connectivity index (χ0) is 25.8. The van der Waals surface area contributed by atoms with Crippen molar-refractivity contribution in [3.8, 4) is 0 Å². The number of fused-ring (bicyclic) bond motifs is 1. The molecule has 5 rings (SSSR count). The van der Waals surface area contributed by atoms with E-state index in [1.807, 2.05) is 0 Å². The van der Waals surface area contributed by atoms with Crippen LogP contribution in [0.15, 0.2) is 18.3 Å². The van der Waals surface area contributed by atoms with Crippen LogP contribution in [-0.2, 0) is 4.74 Å². The highest BCUT2D eigenvalue weighted by atomic mass is 19.1. The van der Waals surface area contributed by atoms with E-state index in [9.17, 15) is 18.3 Å². The van der Waals surface area contributed by atoms with E-state index < -0.39 is 54.5 Å². The summed E-state index contributed by atoms with van der Waals surface area (Å²) in [6.45, 7) is 0.713. The van der Waals surface area contributed by atoms with E-state index in [2.05, 4.69) is 25.6 Å². The first kappa shape index (κ1) is 16.7. The van der Waals surface area contributed by atoms with Gasteiger partial charge in [-0.05, 0) is 32.0 Å². The molecule has 1 saturated heterocycles. The molecule has 1 aliphatic heterocycles. The monoisotopic (exact) mass is 452 g/mol. The van der Waals surface area contributed by atoms with Gasteiger partial charge < -0.3 is 20.5 Å². The maximum atomic E-state index is 14.3. The molecule has 0 amide bonds. The van der Waals surface area contributed by atoms with Gasteiger partial charge in [-0.25, -0.2) is 23.1 Å². The number of aromatic nitrogens is 4. The van der Waals surface area contributed by atoms with Gasteiger partial charge in [0.1, 0.15) is 17.0 Å². The summed E-state index contributed by atoms with van der Waals surface area (Å²) in [4.78, 5) is 12.9. The summed E-state index contributed by atoms with van der Waals surface area (Å²) in [6, 6.07) is -1.02. The fourth-order valence-electron chi connectivity index (χ4n) is 3.73. The van der Waals surface area contributed by atoms with Gasteiger partial charge in [-0.15, -0.1) is 0 Å². The number of hydrogen-bond donors (Lipinski definition) is 3. The van der Waals surface area contributed by atoms with Crippen LogP contribution in [0.3, 0.4) is 0 Å². The molecule has 3 aromatic rings. The van der Waals surface area contributed by atoms with Gasteiger partial charge in [0.15, 0.2) is 17.3 Å². The van der Waals surface area contributed by atoms with Crippen molar-refractivity contribution >= 4 is 28.7 Å². The Balaban J connectivity index is 1.54. The Kier molecular flexibility index (Phi) is 4.45. The number of imidazole rings is 1. The molecule has 2 fully saturated rings. The Morgan fingerprint density at radius 1 is 1.16 bits per heavy atom. The summed E-state index contributed by atoms with van der Waals surface area (Å²) in [5.41, 5.74) is -0.0848. The Bertz CT molecular complexity index is 1270. The molecular weight excluding hydrogens is 425 g/mol. The molecule has 11 heteroatoms. The number of halogens is 3. The normalized spacial score (nSPS) is 34.6. The predicted molar refractivity (Wildman–Crippen MR) is 111 cm³/mol. The van der Waals surface area contributed by atoms with Gasteiger partial charge in [0, 0.05) is 28.9 Å². The average molecular weight is 452 g/mol. The Labute approximate surface area is 187 Å². The van der Waals surface area contributed by atoms with E-state index in [-0.39, 0.29) is 42.1 Å². The van der Waals surface area contributed by atoms with Gasteiger partial charge in [0.05, 0.1) is 26.3 Å². The Hall–Kier alpha value is -2.92. The molecule has 1 aliphatic carbocycles. The number of benzene rings is 1. The van der Waals surface area contributed by atoms with Crippen molar-refractivity contribution < 1.29 is 28.5 Å². The van der Waals surface area contributed by atoms with Gasteiger partial charge in [-0.1, -0.05) is 0 Å². The zero-order valence-corrected chi connectivity index (χ0v) is 16.7.